The van der Waals surface area contributed by atoms with E-state index in [-0.39, 0.29) is 0 Å². The number of nitrogens with one attached hydrogen (secondary N) is 2. The molecular formula is C8H14N2O6. The van der Waals surface area contributed by atoms with Crippen molar-refractivity contribution in [3.8, 4) is 0 Å². The van der Waals surface area contributed by atoms with Crippen molar-refractivity contribution in [1.29, 1.82) is 0 Å². The third-order valence-corrected chi connectivity index (χ3v) is 2.30. The van der Waals surface area contributed by atoms with E-state index in [1.165, 1.54) is 0 Å². The number of rotatable bonds is 1. The van der Waals surface area contributed by atoms with Crippen molar-refractivity contribution in [2.75, 3.05) is 0 Å². The van der Waals surface area contributed by atoms with E-state index in [0.717, 1.165) is 6.92 Å². The first-order chi connectivity index (χ1) is 7.34. The van der Waals surface area contributed by atoms with Crippen LogP contribution in [0.4, 0.5) is 0 Å². The summed E-state index contributed by atoms with van der Waals surface area (Å²) in [6.07, 6.45) is -6.87. The molecule has 16 heavy (non-hydrogen) atoms. The van der Waals surface area contributed by atoms with Crippen LogP contribution in [0.15, 0.2) is 0 Å². The zero-order valence-corrected chi connectivity index (χ0v) is 8.49. The average Bonchev–Trinajstić information content (AvgIpc) is 2.26. The highest BCUT2D eigenvalue weighted by atomic mass is 16.4. The number of hydrogen-bond acceptors (Lipinski definition) is 6. The van der Waals surface area contributed by atoms with E-state index in [1.807, 2.05) is 5.32 Å². The molecule has 0 aromatic carbocycles. The number of aliphatic hydroxyl groups excluding tert-OH is 4. The van der Waals surface area contributed by atoms with Crippen molar-refractivity contribution in [2.45, 2.75) is 37.5 Å². The molecule has 0 bridgehead atoms. The Hall–Kier alpha value is -1.22. The summed E-state index contributed by atoms with van der Waals surface area (Å²) in [5.41, 5.74) is 0. The molecule has 8 heteroatoms. The molecule has 1 saturated heterocycles. The van der Waals surface area contributed by atoms with E-state index in [2.05, 4.69) is 5.32 Å². The fourth-order valence-electron chi connectivity index (χ4n) is 1.43. The van der Waals surface area contributed by atoms with Crippen molar-refractivity contribution < 1.29 is 30.0 Å². The summed E-state index contributed by atoms with van der Waals surface area (Å²) in [4.78, 5) is 22.2. The van der Waals surface area contributed by atoms with Crippen LogP contribution in [0.3, 0.4) is 0 Å². The highest BCUT2D eigenvalue weighted by Gasteiger charge is 2.43. The minimum Gasteiger partial charge on any atom is -0.388 e. The molecule has 2 amide bonds. The minimum atomic E-state index is -1.74. The quantitative estimate of drug-likeness (QED) is 0.273. The van der Waals surface area contributed by atoms with Crippen LogP contribution in [0.1, 0.15) is 6.92 Å². The highest BCUT2D eigenvalue weighted by Crippen LogP contribution is 2.12. The lowest BCUT2D eigenvalue weighted by atomic mass is 10.0. The molecule has 8 nitrogen and oxygen atoms in total. The van der Waals surface area contributed by atoms with Crippen LogP contribution in [0.5, 0.6) is 0 Å². The largest absolute Gasteiger partial charge is 0.388 e. The predicted molar refractivity (Wildman–Crippen MR) is 49.8 cm³/mol. The summed E-state index contributed by atoms with van der Waals surface area (Å²) in [5.74, 6) is -1.47. The summed E-state index contributed by atoms with van der Waals surface area (Å²) >= 11 is 0. The lowest BCUT2D eigenvalue weighted by Crippen LogP contribution is -2.54. The molecule has 1 fully saturated rings. The normalized spacial score (nSPS) is 39.8. The first kappa shape index (κ1) is 12.8. The third-order valence-electron chi connectivity index (χ3n) is 2.30. The molecule has 0 saturated carbocycles. The first-order valence-electron chi connectivity index (χ1n) is 4.64. The molecule has 1 aliphatic rings. The van der Waals surface area contributed by atoms with Gasteiger partial charge in [-0.25, -0.2) is 0 Å². The molecule has 1 aliphatic heterocycles. The van der Waals surface area contributed by atoms with Crippen LogP contribution < -0.4 is 10.6 Å². The predicted octanol–water partition coefficient (Wildman–Crippen LogP) is -3.98. The highest BCUT2D eigenvalue weighted by molar-refractivity contribution is 5.87. The summed E-state index contributed by atoms with van der Waals surface area (Å²) in [6, 6.07) is -1.42. The van der Waals surface area contributed by atoms with Gasteiger partial charge in [0.15, 0.2) is 6.23 Å². The summed E-state index contributed by atoms with van der Waals surface area (Å²) < 4.78 is 0. The molecule has 6 N–H and O–H groups in total. The summed E-state index contributed by atoms with van der Waals surface area (Å²) in [7, 11) is 0. The number of carbonyl (C=O) groups excluding carboxylic acids is 2. The number of carbonyl (C=O) groups is 2. The summed E-state index contributed by atoms with van der Waals surface area (Å²) in [5, 5.41) is 41.5. The Balaban J connectivity index is 2.90. The van der Waals surface area contributed by atoms with E-state index in [4.69, 9.17) is 0 Å². The van der Waals surface area contributed by atoms with Gasteiger partial charge in [0.2, 0.25) is 11.8 Å². The second-order valence-corrected chi connectivity index (χ2v) is 3.60. The maximum atomic E-state index is 11.4. The number of aliphatic hydroxyl groups is 4. The van der Waals surface area contributed by atoms with Gasteiger partial charge in [0.1, 0.15) is 24.4 Å². The topological polar surface area (TPSA) is 139 Å². The number of amides is 2. The Bertz CT molecular complexity index is 296. The molecular weight excluding hydrogens is 220 g/mol. The SMILES string of the molecule is CC(=O)N[C@H]1C(=O)NC(O)[C@@H](O)[C@@H](O)[C@@H]1O. The smallest absolute Gasteiger partial charge is 0.247 e. The van der Waals surface area contributed by atoms with Gasteiger partial charge in [0, 0.05) is 6.92 Å². The van der Waals surface area contributed by atoms with Crippen LogP contribution in [0.2, 0.25) is 0 Å². The Morgan fingerprint density at radius 2 is 1.75 bits per heavy atom. The zero-order chi connectivity index (χ0) is 12.5. The van der Waals surface area contributed by atoms with E-state index in [9.17, 15) is 30.0 Å². The van der Waals surface area contributed by atoms with E-state index < -0.39 is 42.4 Å². The Labute approximate surface area is 90.9 Å². The minimum absolute atomic E-state index is 0.586. The fourth-order valence-corrected chi connectivity index (χ4v) is 1.43. The molecule has 0 aromatic rings. The standard InChI is InChI=1S/C8H14N2O6/c1-2(11)9-3-4(12)5(13)6(14)8(16)10-7(3)15/h3-6,8,12-14,16H,1H3,(H,9,11)(H,10,15)/t3-,4-,5+,6+,8?/m1/s1. The van der Waals surface area contributed by atoms with E-state index in [1.54, 1.807) is 0 Å². The van der Waals surface area contributed by atoms with E-state index >= 15 is 0 Å². The Morgan fingerprint density at radius 1 is 1.19 bits per heavy atom. The maximum absolute atomic E-state index is 11.4. The monoisotopic (exact) mass is 234 g/mol. The van der Waals surface area contributed by atoms with Gasteiger partial charge in [-0.2, -0.15) is 0 Å². The summed E-state index contributed by atoms with van der Waals surface area (Å²) in [6.45, 7) is 1.13. The van der Waals surface area contributed by atoms with Crippen molar-refractivity contribution in [2.24, 2.45) is 0 Å². The van der Waals surface area contributed by atoms with Crippen molar-refractivity contribution >= 4 is 11.8 Å². The van der Waals surface area contributed by atoms with Gasteiger partial charge in [-0.1, -0.05) is 0 Å². The van der Waals surface area contributed by atoms with Gasteiger partial charge >= 0.3 is 0 Å². The molecule has 0 aliphatic carbocycles. The Morgan fingerprint density at radius 3 is 2.25 bits per heavy atom. The van der Waals surface area contributed by atoms with Gasteiger partial charge in [0.05, 0.1) is 0 Å². The van der Waals surface area contributed by atoms with Crippen LogP contribution >= 0.6 is 0 Å². The van der Waals surface area contributed by atoms with Gasteiger partial charge in [0.25, 0.3) is 0 Å². The van der Waals surface area contributed by atoms with Crippen molar-refractivity contribution in [1.82, 2.24) is 10.6 Å². The average molecular weight is 234 g/mol. The zero-order valence-electron chi connectivity index (χ0n) is 8.49. The lowest BCUT2D eigenvalue weighted by Gasteiger charge is -2.24. The molecule has 92 valence electrons. The first-order valence-corrected chi connectivity index (χ1v) is 4.64. The molecule has 0 radical (unpaired) electrons. The maximum Gasteiger partial charge on any atom is 0.247 e. The second kappa shape index (κ2) is 4.74. The molecule has 0 spiro atoms. The van der Waals surface area contributed by atoms with Crippen LogP contribution in [-0.4, -0.2) is 62.8 Å². The second-order valence-electron chi connectivity index (χ2n) is 3.60. The van der Waals surface area contributed by atoms with Crippen LogP contribution in [0, 0.1) is 0 Å². The molecule has 1 rings (SSSR count). The van der Waals surface area contributed by atoms with Crippen LogP contribution in [-0.2, 0) is 9.59 Å². The lowest BCUT2D eigenvalue weighted by molar-refractivity contribution is -0.132. The molecule has 1 unspecified atom stereocenters. The van der Waals surface area contributed by atoms with E-state index in [0.29, 0.717) is 0 Å². The molecule has 0 aromatic heterocycles. The Kier molecular flexibility index (Phi) is 3.81. The fraction of sp³-hybridized carbons (Fsp3) is 0.750. The molecule has 5 atom stereocenters. The van der Waals surface area contributed by atoms with Gasteiger partial charge < -0.3 is 31.1 Å². The van der Waals surface area contributed by atoms with Gasteiger partial charge in [-0.15, -0.1) is 0 Å². The number of hydrogen-bond donors (Lipinski definition) is 6. The van der Waals surface area contributed by atoms with Crippen molar-refractivity contribution in [3.05, 3.63) is 0 Å². The van der Waals surface area contributed by atoms with Gasteiger partial charge in [-0.05, 0) is 0 Å². The molecule has 1 heterocycles. The third kappa shape index (κ3) is 2.47. The van der Waals surface area contributed by atoms with Crippen molar-refractivity contribution in [3.63, 3.8) is 0 Å². The van der Waals surface area contributed by atoms with Crippen LogP contribution in [0.25, 0.3) is 0 Å². The van der Waals surface area contributed by atoms with Gasteiger partial charge in [-0.3, -0.25) is 9.59 Å².